The van der Waals surface area contributed by atoms with Gasteiger partial charge in [0.05, 0.1) is 23.9 Å². The van der Waals surface area contributed by atoms with Crippen molar-refractivity contribution in [3.63, 3.8) is 0 Å². The van der Waals surface area contributed by atoms with Crippen LogP contribution in [0, 0.1) is 0 Å². The van der Waals surface area contributed by atoms with Gasteiger partial charge in [-0.2, -0.15) is 5.10 Å². The summed E-state index contributed by atoms with van der Waals surface area (Å²) in [6.07, 6.45) is 1.74. The Balaban J connectivity index is 2.53. The summed E-state index contributed by atoms with van der Waals surface area (Å²) >= 11 is 0. The molecule has 0 aliphatic heterocycles. The number of aliphatic hydroxyl groups is 1. The number of rotatable bonds is 2. The summed E-state index contributed by atoms with van der Waals surface area (Å²) in [5, 5.41) is 16.9. The van der Waals surface area contributed by atoms with Crippen LogP contribution in [0.1, 0.15) is 12.5 Å². The van der Waals surface area contributed by atoms with Gasteiger partial charge in [-0.15, -0.1) is 0 Å². The average Bonchev–Trinajstić information content (AvgIpc) is 2.64. The molecule has 0 fully saturated rings. The van der Waals surface area contributed by atoms with E-state index in [1.807, 2.05) is 18.2 Å². The number of fused-ring (bicyclic) bond motifs is 1. The van der Waals surface area contributed by atoms with Gasteiger partial charge in [-0.3, -0.25) is 5.10 Å². The van der Waals surface area contributed by atoms with Gasteiger partial charge in [0.1, 0.15) is 0 Å². The van der Waals surface area contributed by atoms with Gasteiger partial charge in [-0.1, -0.05) is 6.07 Å². The van der Waals surface area contributed by atoms with Crippen molar-refractivity contribution in [2.24, 2.45) is 5.73 Å². The van der Waals surface area contributed by atoms with E-state index < -0.39 is 5.54 Å². The second kappa shape index (κ2) is 3.08. The lowest BCUT2D eigenvalue weighted by Gasteiger charge is -2.22. The van der Waals surface area contributed by atoms with Gasteiger partial charge in [0.25, 0.3) is 0 Å². The maximum absolute atomic E-state index is 9.12. The molecule has 0 unspecified atom stereocenters. The third-order valence-corrected chi connectivity index (χ3v) is 2.43. The van der Waals surface area contributed by atoms with E-state index in [-0.39, 0.29) is 6.61 Å². The molecular weight excluding hydrogens is 178 g/mol. The number of nitrogens with one attached hydrogen (secondary N) is 1. The fourth-order valence-electron chi connectivity index (χ4n) is 1.39. The highest BCUT2D eigenvalue weighted by atomic mass is 16.3. The highest BCUT2D eigenvalue weighted by Crippen LogP contribution is 2.21. The molecule has 0 spiro atoms. The Morgan fingerprint density at radius 1 is 1.57 bits per heavy atom. The minimum atomic E-state index is -0.689. The van der Waals surface area contributed by atoms with Crippen LogP contribution in [-0.4, -0.2) is 21.9 Å². The van der Waals surface area contributed by atoms with Crippen molar-refractivity contribution >= 4 is 10.9 Å². The first-order valence-corrected chi connectivity index (χ1v) is 4.47. The maximum Gasteiger partial charge on any atom is 0.0650 e. The predicted octanol–water partition coefficient (Wildman–Crippen LogP) is 0.729. The molecule has 74 valence electrons. The Hall–Kier alpha value is -1.39. The highest BCUT2D eigenvalue weighted by molar-refractivity contribution is 5.78. The monoisotopic (exact) mass is 191 g/mol. The zero-order chi connectivity index (χ0) is 10.2. The Kier molecular flexibility index (Phi) is 2.02. The molecule has 0 saturated carbocycles. The van der Waals surface area contributed by atoms with E-state index >= 15 is 0 Å². The van der Waals surface area contributed by atoms with Crippen LogP contribution in [0.5, 0.6) is 0 Å². The first-order chi connectivity index (χ1) is 6.63. The van der Waals surface area contributed by atoms with E-state index in [1.54, 1.807) is 13.1 Å². The molecular formula is C10H13N3O. The van der Waals surface area contributed by atoms with Crippen molar-refractivity contribution in [1.29, 1.82) is 0 Å². The van der Waals surface area contributed by atoms with Gasteiger partial charge >= 0.3 is 0 Å². The lowest BCUT2D eigenvalue weighted by atomic mass is 9.93. The number of aromatic nitrogens is 2. The summed E-state index contributed by atoms with van der Waals surface area (Å²) in [4.78, 5) is 0. The van der Waals surface area contributed by atoms with E-state index in [0.717, 1.165) is 16.5 Å². The Morgan fingerprint density at radius 3 is 3.07 bits per heavy atom. The summed E-state index contributed by atoms with van der Waals surface area (Å²) in [5.41, 5.74) is 7.11. The van der Waals surface area contributed by atoms with Gasteiger partial charge in [0, 0.05) is 5.39 Å². The van der Waals surface area contributed by atoms with E-state index in [1.165, 1.54) is 0 Å². The number of hydrogen-bond acceptors (Lipinski definition) is 3. The summed E-state index contributed by atoms with van der Waals surface area (Å²) in [7, 11) is 0. The average molecular weight is 191 g/mol. The summed E-state index contributed by atoms with van der Waals surface area (Å²) < 4.78 is 0. The molecule has 0 radical (unpaired) electrons. The van der Waals surface area contributed by atoms with Crippen LogP contribution in [0.2, 0.25) is 0 Å². The molecule has 1 aromatic carbocycles. The van der Waals surface area contributed by atoms with Gasteiger partial charge in [0.2, 0.25) is 0 Å². The topological polar surface area (TPSA) is 74.9 Å². The van der Waals surface area contributed by atoms with Gasteiger partial charge in [0.15, 0.2) is 0 Å². The second-order valence-corrected chi connectivity index (χ2v) is 3.75. The standard InChI is InChI=1S/C10H13N3O/c1-10(11,6-14)8-2-3-9-7(4-8)5-12-13-9/h2-5,14H,6,11H2,1H3,(H,12,13)/t10-/m0/s1. The first kappa shape index (κ1) is 9.18. The molecule has 4 nitrogen and oxygen atoms in total. The summed E-state index contributed by atoms with van der Waals surface area (Å²) in [6, 6.07) is 5.75. The maximum atomic E-state index is 9.12. The Labute approximate surface area is 81.7 Å². The Morgan fingerprint density at radius 2 is 2.36 bits per heavy atom. The SMILES string of the molecule is C[C@](N)(CO)c1ccc2[nH]ncc2c1. The zero-order valence-electron chi connectivity index (χ0n) is 7.99. The molecule has 4 N–H and O–H groups in total. The van der Waals surface area contributed by atoms with Crippen LogP contribution >= 0.6 is 0 Å². The number of nitrogens with zero attached hydrogens (tertiary/aromatic N) is 1. The number of aromatic amines is 1. The summed E-state index contributed by atoms with van der Waals surface area (Å²) in [6.45, 7) is 1.73. The Bertz CT molecular complexity index is 447. The van der Waals surface area contributed by atoms with Crippen molar-refractivity contribution in [2.45, 2.75) is 12.5 Å². The molecule has 1 aromatic heterocycles. The van der Waals surface area contributed by atoms with Crippen LogP contribution in [0.4, 0.5) is 0 Å². The third-order valence-electron chi connectivity index (χ3n) is 2.43. The molecule has 0 amide bonds. The smallest absolute Gasteiger partial charge is 0.0650 e. The van der Waals surface area contributed by atoms with E-state index in [4.69, 9.17) is 10.8 Å². The number of aliphatic hydroxyl groups excluding tert-OH is 1. The molecule has 1 heterocycles. The molecule has 2 aromatic rings. The molecule has 0 aliphatic rings. The van der Waals surface area contributed by atoms with Crippen molar-refractivity contribution < 1.29 is 5.11 Å². The second-order valence-electron chi connectivity index (χ2n) is 3.75. The van der Waals surface area contributed by atoms with E-state index in [0.29, 0.717) is 0 Å². The molecule has 0 aliphatic carbocycles. The minimum Gasteiger partial charge on any atom is -0.394 e. The van der Waals surface area contributed by atoms with E-state index in [2.05, 4.69) is 10.2 Å². The molecule has 2 rings (SSSR count). The number of H-pyrrole nitrogens is 1. The molecule has 4 heteroatoms. The van der Waals surface area contributed by atoms with Crippen molar-refractivity contribution in [1.82, 2.24) is 10.2 Å². The molecule has 14 heavy (non-hydrogen) atoms. The first-order valence-electron chi connectivity index (χ1n) is 4.47. The minimum absolute atomic E-state index is 0.0731. The van der Waals surface area contributed by atoms with Crippen molar-refractivity contribution in [3.05, 3.63) is 30.0 Å². The van der Waals surface area contributed by atoms with Crippen LogP contribution in [0.25, 0.3) is 10.9 Å². The quantitative estimate of drug-likeness (QED) is 0.655. The number of nitrogens with two attached hydrogens (primary N) is 1. The highest BCUT2D eigenvalue weighted by Gasteiger charge is 2.19. The fraction of sp³-hybridized carbons (Fsp3) is 0.300. The van der Waals surface area contributed by atoms with Crippen molar-refractivity contribution in [2.75, 3.05) is 6.61 Å². The predicted molar refractivity (Wildman–Crippen MR) is 54.7 cm³/mol. The molecule has 0 bridgehead atoms. The third kappa shape index (κ3) is 1.38. The zero-order valence-corrected chi connectivity index (χ0v) is 7.99. The van der Waals surface area contributed by atoms with Crippen LogP contribution in [-0.2, 0) is 5.54 Å². The lowest BCUT2D eigenvalue weighted by molar-refractivity contribution is 0.210. The molecule has 0 saturated heterocycles. The van der Waals surface area contributed by atoms with Crippen molar-refractivity contribution in [3.8, 4) is 0 Å². The number of hydrogen-bond donors (Lipinski definition) is 3. The molecule has 1 atom stereocenters. The van der Waals surface area contributed by atoms with Crippen LogP contribution < -0.4 is 5.73 Å². The normalized spacial score (nSPS) is 15.6. The van der Waals surface area contributed by atoms with Crippen LogP contribution in [0.15, 0.2) is 24.4 Å². The van der Waals surface area contributed by atoms with Gasteiger partial charge < -0.3 is 10.8 Å². The largest absolute Gasteiger partial charge is 0.394 e. The fourth-order valence-corrected chi connectivity index (χ4v) is 1.39. The van der Waals surface area contributed by atoms with Gasteiger partial charge in [-0.05, 0) is 24.6 Å². The lowest BCUT2D eigenvalue weighted by Crippen LogP contribution is -2.36. The number of benzene rings is 1. The van der Waals surface area contributed by atoms with Crippen LogP contribution in [0.3, 0.4) is 0 Å². The summed E-state index contributed by atoms with van der Waals surface area (Å²) in [5.74, 6) is 0. The van der Waals surface area contributed by atoms with Gasteiger partial charge in [-0.25, -0.2) is 0 Å². The van der Waals surface area contributed by atoms with E-state index in [9.17, 15) is 0 Å².